The van der Waals surface area contributed by atoms with E-state index in [1.54, 1.807) is 0 Å². The van der Waals surface area contributed by atoms with E-state index in [9.17, 15) is 5.11 Å². The van der Waals surface area contributed by atoms with Gasteiger partial charge < -0.3 is 5.11 Å². The Morgan fingerprint density at radius 1 is 0.500 bits per heavy atom. The first-order chi connectivity index (χ1) is 14.4. The normalized spacial score (nSPS) is 12.0. The molecule has 0 heterocycles. The maximum Gasteiger partial charge on any atom is 0.0773 e. The smallest absolute Gasteiger partial charge is 0.0773 e. The molecule has 0 aliphatic rings. The topological polar surface area (TPSA) is 20.2 Å². The summed E-state index contributed by atoms with van der Waals surface area (Å²) in [5.74, 6) is 0. The highest BCUT2D eigenvalue weighted by Gasteiger charge is 2.18. The zero-order valence-electron chi connectivity index (χ0n) is 18.1. The van der Waals surface area contributed by atoms with E-state index in [1.165, 1.54) is 22.3 Å². The lowest BCUT2D eigenvalue weighted by Gasteiger charge is -2.20. The fraction of sp³-hybridized carbons (Fsp3) is 0.172. The molecule has 1 N–H and O–H groups in total. The van der Waals surface area contributed by atoms with E-state index in [2.05, 4.69) is 106 Å². The highest BCUT2D eigenvalue weighted by molar-refractivity contribution is 5.85. The van der Waals surface area contributed by atoms with Crippen molar-refractivity contribution in [2.75, 3.05) is 0 Å². The zero-order valence-corrected chi connectivity index (χ0v) is 18.1. The Kier molecular flexibility index (Phi) is 5.57. The van der Waals surface area contributed by atoms with Crippen LogP contribution in [-0.4, -0.2) is 5.11 Å². The summed E-state index contributed by atoms with van der Waals surface area (Å²) in [7, 11) is 0. The average molecular weight is 393 g/mol. The molecule has 1 nitrogen and oxygen atoms in total. The molecule has 4 rings (SSSR count). The molecule has 0 amide bonds. The lowest BCUT2D eigenvalue weighted by molar-refractivity contribution is 0.200. The molecule has 150 valence electrons. The lowest BCUT2D eigenvalue weighted by Crippen LogP contribution is -2.00. The Labute approximate surface area is 179 Å². The summed E-state index contributed by atoms with van der Waals surface area (Å²) in [6, 6.07) is 30.2. The third-order valence-electron chi connectivity index (χ3n) is 5.71. The molecule has 1 heteroatoms. The molecular weight excluding hydrogens is 364 g/mol. The van der Waals surface area contributed by atoms with Gasteiger partial charge in [0.2, 0.25) is 0 Å². The quantitative estimate of drug-likeness (QED) is 0.378. The summed E-state index contributed by atoms with van der Waals surface area (Å²) in [4.78, 5) is 0. The van der Waals surface area contributed by atoms with Crippen LogP contribution in [-0.2, 0) is 0 Å². The van der Waals surface area contributed by atoms with Crippen molar-refractivity contribution in [3.05, 3.63) is 107 Å². The maximum atomic E-state index is 10.8. The van der Waals surface area contributed by atoms with Crippen LogP contribution in [0.25, 0.3) is 33.4 Å². The summed E-state index contributed by atoms with van der Waals surface area (Å²) < 4.78 is 0. The molecule has 1 atom stereocenters. The van der Waals surface area contributed by atoms with Gasteiger partial charge in [-0.3, -0.25) is 0 Å². The van der Waals surface area contributed by atoms with Crippen LogP contribution in [0, 0.1) is 20.8 Å². The molecule has 0 saturated heterocycles. The van der Waals surface area contributed by atoms with Gasteiger partial charge in [0.25, 0.3) is 0 Å². The predicted molar refractivity (Wildman–Crippen MR) is 128 cm³/mol. The number of hydrogen-bond donors (Lipinski definition) is 1. The zero-order chi connectivity index (χ0) is 21.3. The summed E-state index contributed by atoms with van der Waals surface area (Å²) in [5, 5.41) is 10.8. The fourth-order valence-corrected chi connectivity index (χ4v) is 3.96. The van der Waals surface area contributed by atoms with Gasteiger partial charge in [-0.2, -0.15) is 0 Å². The molecule has 0 unspecified atom stereocenters. The molecule has 0 aliphatic heterocycles. The Hall–Kier alpha value is -3.16. The number of hydrogen-bond acceptors (Lipinski definition) is 1. The number of aryl methyl sites for hydroxylation is 3. The Morgan fingerprint density at radius 3 is 1.17 bits per heavy atom. The Balaban J connectivity index is 2.02. The van der Waals surface area contributed by atoms with Crippen molar-refractivity contribution in [1.82, 2.24) is 0 Å². The molecule has 0 aromatic heterocycles. The fourth-order valence-electron chi connectivity index (χ4n) is 3.96. The van der Waals surface area contributed by atoms with Gasteiger partial charge in [0.1, 0.15) is 0 Å². The van der Waals surface area contributed by atoms with Gasteiger partial charge in [-0.05, 0) is 78.8 Å². The monoisotopic (exact) mass is 392 g/mol. The minimum absolute atomic E-state index is 0.579. The molecular formula is C29H28O. The molecule has 0 spiro atoms. The first-order valence-electron chi connectivity index (χ1n) is 10.5. The number of benzene rings is 4. The summed E-state index contributed by atoms with van der Waals surface area (Å²) >= 11 is 0. The van der Waals surface area contributed by atoms with Crippen LogP contribution < -0.4 is 0 Å². The minimum atomic E-state index is -0.579. The highest BCUT2D eigenvalue weighted by Crippen LogP contribution is 2.40. The van der Waals surface area contributed by atoms with E-state index in [0.29, 0.717) is 0 Å². The van der Waals surface area contributed by atoms with Gasteiger partial charge in [-0.25, -0.2) is 0 Å². The molecule has 0 bridgehead atoms. The highest BCUT2D eigenvalue weighted by atomic mass is 16.3. The third-order valence-corrected chi connectivity index (χ3v) is 5.71. The lowest BCUT2D eigenvalue weighted by atomic mass is 9.85. The largest absolute Gasteiger partial charge is 0.389 e. The molecule has 0 saturated carbocycles. The third kappa shape index (κ3) is 4.08. The summed E-state index contributed by atoms with van der Waals surface area (Å²) in [6.45, 7) is 8.16. The second-order valence-corrected chi connectivity index (χ2v) is 8.26. The Morgan fingerprint density at radius 2 is 0.833 bits per heavy atom. The standard InChI is InChI=1S/C29H28O/c1-19-5-11-23(12-6-19)26-17-27(24-13-7-20(2)8-14-24)29(22(4)30)28(18-26)25-15-9-21(3)10-16-25/h5-18,22,30H,1-4H3/t22-/m0/s1. The Bertz CT molecular complexity index is 1080. The van der Waals surface area contributed by atoms with Crippen molar-refractivity contribution in [2.45, 2.75) is 33.8 Å². The predicted octanol–water partition coefficient (Wildman–Crippen LogP) is 7.67. The van der Waals surface area contributed by atoms with E-state index >= 15 is 0 Å². The van der Waals surface area contributed by atoms with Crippen LogP contribution in [0.3, 0.4) is 0 Å². The van der Waals surface area contributed by atoms with Crippen molar-refractivity contribution in [3.63, 3.8) is 0 Å². The van der Waals surface area contributed by atoms with E-state index < -0.39 is 6.10 Å². The van der Waals surface area contributed by atoms with E-state index in [0.717, 1.165) is 33.4 Å². The van der Waals surface area contributed by atoms with Crippen molar-refractivity contribution in [2.24, 2.45) is 0 Å². The van der Waals surface area contributed by atoms with Crippen LogP contribution >= 0.6 is 0 Å². The van der Waals surface area contributed by atoms with Gasteiger partial charge in [-0.15, -0.1) is 0 Å². The van der Waals surface area contributed by atoms with Gasteiger partial charge in [0.15, 0.2) is 0 Å². The molecule has 4 aromatic rings. The van der Waals surface area contributed by atoms with E-state index in [1.807, 2.05) is 6.92 Å². The second kappa shape index (κ2) is 8.30. The maximum absolute atomic E-state index is 10.8. The molecule has 0 aliphatic carbocycles. The first-order valence-corrected chi connectivity index (χ1v) is 10.5. The number of aliphatic hydroxyl groups is 1. The van der Waals surface area contributed by atoms with Crippen LogP contribution in [0.2, 0.25) is 0 Å². The molecule has 0 radical (unpaired) electrons. The van der Waals surface area contributed by atoms with Gasteiger partial charge in [0, 0.05) is 0 Å². The SMILES string of the molecule is Cc1ccc(-c2cc(-c3ccc(C)cc3)c([C@H](C)O)c(-c3ccc(C)cc3)c2)cc1. The van der Waals surface area contributed by atoms with Gasteiger partial charge in [-0.1, -0.05) is 89.5 Å². The van der Waals surface area contributed by atoms with Crippen LogP contribution in [0.1, 0.15) is 35.3 Å². The summed E-state index contributed by atoms with van der Waals surface area (Å²) in [6.07, 6.45) is -0.579. The summed E-state index contributed by atoms with van der Waals surface area (Å²) in [5.41, 5.74) is 11.4. The second-order valence-electron chi connectivity index (χ2n) is 8.26. The van der Waals surface area contributed by atoms with Crippen LogP contribution in [0.5, 0.6) is 0 Å². The molecule has 30 heavy (non-hydrogen) atoms. The number of rotatable bonds is 4. The van der Waals surface area contributed by atoms with Gasteiger partial charge >= 0.3 is 0 Å². The van der Waals surface area contributed by atoms with Crippen molar-refractivity contribution < 1.29 is 5.11 Å². The van der Waals surface area contributed by atoms with E-state index in [-0.39, 0.29) is 0 Å². The van der Waals surface area contributed by atoms with Crippen molar-refractivity contribution in [1.29, 1.82) is 0 Å². The molecule has 4 aromatic carbocycles. The average Bonchev–Trinajstić information content (AvgIpc) is 2.74. The van der Waals surface area contributed by atoms with Crippen molar-refractivity contribution >= 4 is 0 Å². The van der Waals surface area contributed by atoms with Crippen LogP contribution in [0.15, 0.2) is 84.9 Å². The van der Waals surface area contributed by atoms with Crippen LogP contribution in [0.4, 0.5) is 0 Å². The van der Waals surface area contributed by atoms with E-state index in [4.69, 9.17) is 0 Å². The van der Waals surface area contributed by atoms with Crippen molar-refractivity contribution in [3.8, 4) is 33.4 Å². The molecule has 0 fully saturated rings. The first kappa shape index (κ1) is 20.1. The van der Waals surface area contributed by atoms with Gasteiger partial charge in [0.05, 0.1) is 6.10 Å². The minimum Gasteiger partial charge on any atom is -0.389 e. The number of aliphatic hydroxyl groups excluding tert-OH is 1.